The first kappa shape index (κ1) is 14.2. The van der Waals surface area contributed by atoms with E-state index in [2.05, 4.69) is 12.1 Å². The van der Waals surface area contributed by atoms with E-state index in [0.717, 1.165) is 22.8 Å². The molecule has 0 saturated heterocycles. The lowest BCUT2D eigenvalue weighted by Gasteiger charge is -2.13. The highest BCUT2D eigenvalue weighted by molar-refractivity contribution is 7.99. The van der Waals surface area contributed by atoms with Crippen LogP contribution in [0.2, 0.25) is 5.02 Å². The molecule has 1 rings (SSSR count). The third-order valence-electron chi connectivity index (χ3n) is 2.45. The van der Waals surface area contributed by atoms with E-state index < -0.39 is 0 Å². The Balaban J connectivity index is 2.51. The van der Waals surface area contributed by atoms with Crippen LogP contribution in [0, 0.1) is 0 Å². The number of hydrogen-bond donors (Lipinski definition) is 2. The Bertz CT molecular complexity index is 385. The van der Waals surface area contributed by atoms with Crippen molar-refractivity contribution in [3.63, 3.8) is 0 Å². The summed E-state index contributed by atoms with van der Waals surface area (Å²) in [4.78, 5) is 0. The van der Waals surface area contributed by atoms with Crippen molar-refractivity contribution >= 4 is 29.2 Å². The molecule has 0 aliphatic heterocycles. The summed E-state index contributed by atoms with van der Waals surface area (Å²) in [5.41, 5.74) is 6.63. The lowest BCUT2D eigenvalue weighted by atomic mass is 10.2. The van der Waals surface area contributed by atoms with Crippen molar-refractivity contribution in [2.24, 2.45) is 10.9 Å². The summed E-state index contributed by atoms with van der Waals surface area (Å²) in [6.07, 6.45) is 1.58. The topological polar surface area (TPSA) is 58.6 Å². The zero-order chi connectivity index (χ0) is 12.7. The Morgan fingerprint density at radius 2 is 2.24 bits per heavy atom. The van der Waals surface area contributed by atoms with Crippen LogP contribution in [0.25, 0.3) is 0 Å². The van der Waals surface area contributed by atoms with Crippen molar-refractivity contribution in [1.82, 2.24) is 0 Å². The van der Waals surface area contributed by atoms with Gasteiger partial charge in [-0.3, -0.25) is 0 Å². The van der Waals surface area contributed by atoms with Gasteiger partial charge >= 0.3 is 0 Å². The van der Waals surface area contributed by atoms with Crippen LogP contribution in [0.15, 0.2) is 29.4 Å². The van der Waals surface area contributed by atoms with Crippen LogP contribution in [-0.2, 0) is 5.75 Å². The first-order valence-electron chi connectivity index (χ1n) is 5.48. The predicted molar refractivity (Wildman–Crippen MR) is 74.9 cm³/mol. The molecule has 0 saturated carbocycles. The highest BCUT2D eigenvalue weighted by atomic mass is 35.5. The van der Waals surface area contributed by atoms with Crippen molar-refractivity contribution in [2.45, 2.75) is 30.8 Å². The monoisotopic (exact) mass is 272 g/mol. The number of thioether (sulfide) groups is 1. The molecule has 0 bridgehead atoms. The maximum atomic E-state index is 8.54. The molecule has 1 unspecified atom stereocenters. The van der Waals surface area contributed by atoms with E-state index in [0.29, 0.717) is 11.7 Å². The zero-order valence-electron chi connectivity index (χ0n) is 9.77. The van der Waals surface area contributed by atoms with Gasteiger partial charge in [-0.05, 0) is 18.1 Å². The van der Waals surface area contributed by atoms with E-state index in [4.69, 9.17) is 22.5 Å². The standard InChI is InChI=1S/C12H17ClN2OS/c1-2-10(7-12(14)15-16)17-8-9-5-3-4-6-11(9)13/h3-6,10,16H,2,7-8H2,1H3,(H2,14,15). The van der Waals surface area contributed by atoms with Crippen molar-refractivity contribution in [3.8, 4) is 0 Å². The Morgan fingerprint density at radius 3 is 2.82 bits per heavy atom. The van der Waals surface area contributed by atoms with Crippen LogP contribution < -0.4 is 5.73 Å². The predicted octanol–water partition coefficient (Wildman–Crippen LogP) is 3.49. The maximum Gasteiger partial charge on any atom is 0.140 e. The fraction of sp³-hybridized carbons (Fsp3) is 0.417. The Hall–Kier alpha value is -0.870. The zero-order valence-corrected chi connectivity index (χ0v) is 11.3. The molecule has 0 amide bonds. The minimum absolute atomic E-state index is 0.281. The lowest BCUT2D eigenvalue weighted by molar-refractivity contribution is 0.316. The first-order chi connectivity index (χ1) is 8.17. The van der Waals surface area contributed by atoms with Crippen molar-refractivity contribution in [3.05, 3.63) is 34.9 Å². The van der Waals surface area contributed by atoms with Crippen LogP contribution in [0.5, 0.6) is 0 Å². The maximum absolute atomic E-state index is 8.54. The Morgan fingerprint density at radius 1 is 1.53 bits per heavy atom. The molecule has 0 aliphatic carbocycles. The van der Waals surface area contributed by atoms with E-state index in [9.17, 15) is 0 Å². The molecule has 0 spiro atoms. The SMILES string of the molecule is CCC(C/C(N)=N/O)SCc1ccccc1Cl. The van der Waals surface area contributed by atoms with Gasteiger partial charge < -0.3 is 10.9 Å². The van der Waals surface area contributed by atoms with E-state index in [1.54, 1.807) is 11.8 Å². The normalized spacial score (nSPS) is 13.6. The average molecular weight is 273 g/mol. The van der Waals surface area contributed by atoms with Gasteiger partial charge in [0.25, 0.3) is 0 Å². The number of benzene rings is 1. The molecule has 3 N–H and O–H groups in total. The minimum atomic E-state index is 0.281. The average Bonchev–Trinajstić information content (AvgIpc) is 2.35. The quantitative estimate of drug-likeness (QED) is 0.361. The molecule has 94 valence electrons. The number of amidine groups is 1. The summed E-state index contributed by atoms with van der Waals surface area (Å²) in [6.45, 7) is 2.09. The third kappa shape index (κ3) is 4.88. The van der Waals surface area contributed by atoms with Crippen LogP contribution in [0.4, 0.5) is 0 Å². The number of oxime groups is 1. The molecule has 1 aromatic carbocycles. The summed E-state index contributed by atoms with van der Waals surface area (Å²) in [5, 5.41) is 12.7. The van der Waals surface area contributed by atoms with Crippen molar-refractivity contribution in [1.29, 1.82) is 0 Å². The fourth-order valence-corrected chi connectivity index (χ4v) is 2.89. The second-order valence-corrected chi connectivity index (χ2v) is 5.42. The number of nitrogens with two attached hydrogens (primary N) is 1. The summed E-state index contributed by atoms with van der Waals surface area (Å²) in [6, 6.07) is 7.81. The van der Waals surface area contributed by atoms with Gasteiger partial charge in [-0.25, -0.2) is 0 Å². The molecule has 3 nitrogen and oxygen atoms in total. The molecule has 1 aromatic rings. The van der Waals surface area contributed by atoms with E-state index in [1.807, 2.05) is 24.3 Å². The summed E-state index contributed by atoms with van der Waals surface area (Å²) < 4.78 is 0. The molecule has 0 aliphatic rings. The van der Waals surface area contributed by atoms with Gasteiger partial charge in [0.15, 0.2) is 0 Å². The molecule has 5 heteroatoms. The van der Waals surface area contributed by atoms with Crippen LogP contribution >= 0.6 is 23.4 Å². The number of nitrogens with zero attached hydrogens (tertiary/aromatic N) is 1. The molecular weight excluding hydrogens is 256 g/mol. The van der Waals surface area contributed by atoms with Crippen molar-refractivity contribution < 1.29 is 5.21 Å². The number of rotatable bonds is 6. The number of halogens is 1. The highest BCUT2D eigenvalue weighted by Crippen LogP contribution is 2.26. The van der Waals surface area contributed by atoms with Gasteiger partial charge in [-0.15, -0.1) is 0 Å². The highest BCUT2D eigenvalue weighted by Gasteiger charge is 2.10. The van der Waals surface area contributed by atoms with Gasteiger partial charge in [0.05, 0.1) is 0 Å². The van der Waals surface area contributed by atoms with Gasteiger partial charge in [-0.2, -0.15) is 11.8 Å². The minimum Gasteiger partial charge on any atom is -0.409 e. The molecule has 0 fully saturated rings. The van der Waals surface area contributed by atoms with Gasteiger partial charge in [0, 0.05) is 22.4 Å². The Labute approximate surface area is 111 Å². The summed E-state index contributed by atoms with van der Waals surface area (Å²) in [7, 11) is 0. The molecule has 0 radical (unpaired) electrons. The summed E-state index contributed by atoms with van der Waals surface area (Å²) >= 11 is 7.86. The smallest absolute Gasteiger partial charge is 0.140 e. The third-order valence-corrected chi connectivity index (χ3v) is 4.27. The van der Waals surface area contributed by atoms with Crippen molar-refractivity contribution in [2.75, 3.05) is 0 Å². The second-order valence-electron chi connectivity index (χ2n) is 3.73. The van der Waals surface area contributed by atoms with Crippen LogP contribution in [0.1, 0.15) is 25.3 Å². The van der Waals surface area contributed by atoms with E-state index >= 15 is 0 Å². The van der Waals surface area contributed by atoms with Gasteiger partial charge in [0.2, 0.25) is 0 Å². The lowest BCUT2D eigenvalue weighted by Crippen LogP contribution is -2.18. The molecule has 0 heterocycles. The van der Waals surface area contributed by atoms with Gasteiger partial charge in [-0.1, -0.05) is 41.9 Å². The van der Waals surface area contributed by atoms with Crippen LogP contribution in [0.3, 0.4) is 0 Å². The largest absolute Gasteiger partial charge is 0.409 e. The molecule has 0 aromatic heterocycles. The van der Waals surface area contributed by atoms with Gasteiger partial charge in [0.1, 0.15) is 5.84 Å². The molecule has 17 heavy (non-hydrogen) atoms. The first-order valence-corrected chi connectivity index (χ1v) is 6.91. The van der Waals surface area contributed by atoms with E-state index in [-0.39, 0.29) is 5.84 Å². The molecular formula is C12H17ClN2OS. The Kier molecular flexibility index (Phi) is 6.22. The van der Waals surface area contributed by atoms with E-state index in [1.165, 1.54) is 0 Å². The number of hydrogen-bond acceptors (Lipinski definition) is 3. The summed E-state index contributed by atoms with van der Waals surface area (Å²) in [5.74, 6) is 1.13. The second kappa shape index (κ2) is 7.45. The molecule has 1 atom stereocenters. The van der Waals surface area contributed by atoms with Crippen LogP contribution in [-0.4, -0.2) is 16.3 Å². The fourth-order valence-electron chi connectivity index (χ4n) is 1.42.